The van der Waals surface area contributed by atoms with E-state index in [-0.39, 0.29) is 6.61 Å². The summed E-state index contributed by atoms with van der Waals surface area (Å²) in [5.41, 5.74) is 5.61. The molecule has 2 aromatic rings. The van der Waals surface area contributed by atoms with Crippen molar-refractivity contribution in [2.45, 2.75) is 20.5 Å². The maximum absolute atomic E-state index is 11.4. The Morgan fingerprint density at radius 1 is 1.27 bits per heavy atom. The van der Waals surface area contributed by atoms with Crippen LogP contribution in [-0.2, 0) is 6.61 Å². The van der Waals surface area contributed by atoms with Crippen LogP contribution in [0.5, 0.6) is 5.75 Å². The first kappa shape index (κ1) is 16.1. The van der Waals surface area contributed by atoms with Crippen LogP contribution in [0.15, 0.2) is 36.4 Å². The molecule has 0 radical (unpaired) electrons. The molecule has 0 saturated heterocycles. The van der Waals surface area contributed by atoms with Crippen molar-refractivity contribution < 1.29 is 9.53 Å². The number of nitrogens with one attached hydrogen (secondary N) is 2. The molecule has 4 N–H and O–H groups in total. The van der Waals surface area contributed by atoms with Crippen LogP contribution in [-0.4, -0.2) is 6.03 Å². The summed E-state index contributed by atoms with van der Waals surface area (Å²) in [6, 6.07) is 10.7. The molecule has 6 heteroatoms. The Balaban J connectivity index is 2.19. The minimum Gasteiger partial charge on any atom is -0.487 e. The van der Waals surface area contributed by atoms with Gasteiger partial charge >= 0.3 is 6.03 Å². The SMILES string of the molecule is Cc1ccc(OCc2c(C)cccc2NC(=O)NN)c(Cl)c1. The zero-order valence-electron chi connectivity index (χ0n) is 12.4. The van der Waals surface area contributed by atoms with Crippen LogP contribution in [0.4, 0.5) is 10.5 Å². The summed E-state index contributed by atoms with van der Waals surface area (Å²) in [5, 5.41) is 3.23. The van der Waals surface area contributed by atoms with Gasteiger partial charge in [-0.3, -0.25) is 5.43 Å². The average Bonchev–Trinajstić information content (AvgIpc) is 2.48. The molecule has 0 spiro atoms. The molecule has 0 bridgehead atoms. The largest absolute Gasteiger partial charge is 0.487 e. The van der Waals surface area contributed by atoms with Crippen LogP contribution < -0.4 is 21.3 Å². The van der Waals surface area contributed by atoms with Gasteiger partial charge in [-0.25, -0.2) is 10.6 Å². The predicted molar refractivity (Wildman–Crippen MR) is 88.0 cm³/mol. The highest BCUT2D eigenvalue weighted by atomic mass is 35.5. The second kappa shape index (κ2) is 7.15. The summed E-state index contributed by atoms with van der Waals surface area (Å²) in [6.07, 6.45) is 0. The molecule has 2 rings (SSSR count). The summed E-state index contributed by atoms with van der Waals surface area (Å²) >= 11 is 6.16. The molecule has 0 fully saturated rings. The number of aryl methyl sites for hydroxylation is 2. The molecular weight excluding hydrogens is 302 g/mol. The molecule has 2 amide bonds. The number of urea groups is 1. The standard InChI is InChI=1S/C16H18ClN3O2/c1-10-6-7-15(13(17)8-10)22-9-12-11(2)4-3-5-14(12)19-16(21)20-18/h3-8H,9,18H2,1-2H3,(H2,19,20,21). The van der Waals surface area contributed by atoms with E-state index in [4.69, 9.17) is 22.2 Å². The van der Waals surface area contributed by atoms with E-state index in [1.807, 2.05) is 49.6 Å². The maximum atomic E-state index is 11.4. The summed E-state index contributed by atoms with van der Waals surface area (Å²) < 4.78 is 5.78. The Hall–Kier alpha value is -2.24. The van der Waals surface area contributed by atoms with Gasteiger partial charge in [0.05, 0.1) is 5.02 Å². The van der Waals surface area contributed by atoms with Gasteiger partial charge in [0.15, 0.2) is 0 Å². The lowest BCUT2D eigenvalue weighted by molar-refractivity contribution is 0.252. The molecule has 0 unspecified atom stereocenters. The smallest absolute Gasteiger partial charge is 0.333 e. The minimum atomic E-state index is -0.486. The highest BCUT2D eigenvalue weighted by Gasteiger charge is 2.10. The number of halogens is 1. The second-order valence-electron chi connectivity index (χ2n) is 4.92. The molecule has 0 aliphatic carbocycles. The number of anilines is 1. The molecule has 0 aliphatic rings. The van der Waals surface area contributed by atoms with E-state index in [9.17, 15) is 4.79 Å². The Morgan fingerprint density at radius 3 is 2.73 bits per heavy atom. The fourth-order valence-corrected chi connectivity index (χ4v) is 2.33. The van der Waals surface area contributed by atoms with E-state index in [1.165, 1.54) is 0 Å². The molecule has 22 heavy (non-hydrogen) atoms. The van der Waals surface area contributed by atoms with Crippen LogP contribution >= 0.6 is 11.6 Å². The molecule has 0 atom stereocenters. The number of hydrogen-bond donors (Lipinski definition) is 3. The van der Waals surface area contributed by atoms with Crippen molar-refractivity contribution in [2.75, 3.05) is 5.32 Å². The zero-order valence-corrected chi connectivity index (χ0v) is 13.2. The summed E-state index contributed by atoms with van der Waals surface area (Å²) in [6.45, 7) is 4.20. The van der Waals surface area contributed by atoms with Crippen molar-refractivity contribution in [3.05, 3.63) is 58.1 Å². The number of carbonyl (C=O) groups is 1. The molecule has 0 heterocycles. The third-order valence-electron chi connectivity index (χ3n) is 3.25. The maximum Gasteiger partial charge on any atom is 0.333 e. The highest BCUT2D eigenvalue weighted by Crippen LogP contribution is 2.28. The van der Waals surface area contributed by atoms with Crippen LogP contribution in [0.2, 0.25) is 5.02 Å². The number of amides is 2. The van der Waals surface area contributed by atoms with E-state index in [0.717, 1.165) is 16.7 Å². The molecule has 0 aromatic heterocycles. The van der Waals surface area contributed by atoms with Crippen LogP contribution in [0.3, 0.4) is 0 Å². The van der Waals surface area contributed by atoms with Gasteiger partial charge in [0.1, 0.15) is 12.4 Å². The topological polar surface area (TPSA) is 76.4 Å². The first-order valence-corrected chi connectivity index (χ1v) is 7.14. The van der Waals surface area contributed by atoms with Crippen molar-refractivity contribution in [1.82, 2.24) is 5.43 Å². The number of nitrogens with two attached hydrogens (primary N) is 1. The number of rotatable bonds is 4. The normalized spacial score (nSPS) is 10.2. The molecule has 0 aliphatic heterocycles. The highest BCUT2D eigenvalue weighted by molar-refractivity contribution is 6.32. The van der Waals surface area contributed by atoms with Crippen molar-refractivity contribution in [3.8, 4) is 5.75 Å². The minimum absolute atomic E-state index is 0.287. The number of carbonyl (C=O) groups excluding carboxylic acids is 1. The van der Waals surface area contributed by atoms with Gasteiger partial charge in [0, 0.05) is 11.3 Å². The average molecular weight is 320 g/mol. The Bertz CT molecular complexity index is 689. The third kappa shape index (κ3) is 3.90. The summed E-state index contributed by atoms with van der Waals surface area (Å²) in [7, 11) is 0. The predicted octanol–water partition coefficient (Wildman–Crippen LogP) is 3.53. The molecule has 116 valence electrons. The molecule has 0 saturated carbocycles. The van der Waals surface area contributed by atoms with E-state index < -0.39 is 6.03 Å². The monoisotopic (exact) mass is 319 g/mol. The second-order valence-corrected chi connectivity index (χ2v) is 5.33. The van der Waals surface area contributed by atoms with Crippen molar-refractivity contribution >= 4 is 23.3 Å². The van der Waals surface area contributed by atoms with E-state index in [0.29, 0.717) is 16.5 Å². The fraction of sp³-hybridized carbons (Fsp3) is 0.188. The summed E-state index contributed by atoms with van der Waals surface area (Å²) in [4.78, 5) is 11.4. The zero-order chi connectivity index (χ0) is 16.1. The van der Waals surface area contributed by atoms with Gasteiger partial charge < -0.3 is 10.1 Å². The van der Waals surface area contributed by atoms with Gasteiger partial charge in [0.2, 0.25) is 0 Å². The van der Waals surface area contributed by atoms with Crippen LogP contribution in [0.25, 0.3) is 0 Å². The van der Waals surface area contributed by atoms with Crippen LogP contribution in [0, 0.1) is 13.8 Å². The van der Waals surface area contributed by atoms with Crippen molar-refractivity contribution in [3.63, 3.8) is 0 Å². The summed E-state index contributed by atoms with van der Waals surface area (Å²) in [5.74, 6) is 5.70. The number of hydrogen-bond acceptors (Lipinski definition) is 3. The van der Waals surface area contributed by atoms with Crippen LogP contribution in [0.1, 0.15) is 16.7 Å². The van der Waals surface area contributed by atoms with Crippen molar-refractivity contribution in [2.24, 2.45) is 5.84 Å². The van der Waals surface area contributed by atoms with Gasteiger partial charge in [-0.1, -0.05) is 29.8 Å². The first-order valence-electron chi connectivity index (χ1n) is 6.76. The van der Waals surface area contributed by atoms with Gasteiger partial charge in [-0.15, -0.1) is 0 Å². The lowest BCUT2D eigenvalue weighted by Crippen LogP contribution is -2.34. The Kier molecular flexibility index (Phi) is 5.25. The number of ether oxygens (including phenoxy) is 1. The lowest BCUT2D eigenvalue weighted by Gasteiger charge is -2.15. The molecule has 2 aromatic carbocycles. The van der Waals surface area contributed by atoms with E-state index in [1.54, 1.807) is 6.07 Å². The molecule has 5 nitrogen and oxygen atoms in total. The van der Waals surface area contributed by atoms with Crippen molar-refractivity contribution in [1.29, 1.82) is 0 Å². The van der Waals surface area contributed by atoms with Gasteiger partial charge in [-0.2, -0.15) is 0 Å². The fourth-order valence-electron chi connectivity index (χ4n) is 2.04. The van der Waals surface area contributed by atoms with Gasteiger partial charge in [-0.05, 0) is 43.2 Å². The lowest BCUT2D eigenvalue weighted by atomic mass is 10.1. The third-order valence-corrected chi connectivity index (χ3v) is 3.54. The quantitative estimate of drug-likeness (QED) is 0.458. The van der Waals surface area contributed by atoms with E-state index in [2.05, 4.69) is 5.32 Å². The first-order chi connectivity index (χ1) is 10.5. The molecular formula is C16H18ClN3O2. The number of hydrazine groups is 1. The number of benzene rings is 2. The Labute approximate surface area is 134 Å². The van der Waals surface area contributed by atoms with E-state index >= 15 is 0 Å². The van der Waals surface area contributed by atoms with Gasteiger partial charge in [0.25, 0.3) is 0 Å². The Morgan fingerprint density at radius 2 is 2.05 bits per heavy atom.